The standard InChI is InChI=1S/C10H11NO2/c1-11-6-5-8-7-9(13-12-2)3-4-10(8)11/h3-7H,1-2H3. The summed E-state index contributed by atoms with van der Waals surface area (Å²) in [5, 5.41) is 1.15. The van der Waals surface area contributed by atoms with Crippen LogP contribution in [-0.2, 0) is 11.9 Å². The highest BCUT2D eigenvalue weighted by atomic mass is 17.2. The average Bonchev–Trinajstić information content (AvgIpc) is 2.48. The normalized spacial score (nSPS) is 10.6. The molecule has 0 radical (unpaired) electrons. The van der Waals surface area contributed by atoms with Crippen LogP contribution in [0.15, 0.2) is 30.5 Å². The van der Waals surface area contributed by atoms with Crippen LogP contribution < -0.4 is 4.89 Å². The van der Waals surface area contributed by atoms with E-state index in [0.29, 0.717) is 0 Å². The van der Waals surface area contributed by atoms with Crippen molar-refractivity contribution in [3.63, 3.8) is 0 Å². The van der Waals surface area contributed by atoms with Crippen LogP contribution >= 0.6 is 0 Å². The molecule has 1 aromatic carbocycles. The van der Waals surface area contributed by atoms with Gasteiger partial charge in [0.2, 0.25) is 0 Å². The van der Waals surface area contributed by atoms with Gasteiger partial charge in [-0.25, -0.2) is 0 Å². The molecule has 0 spiro atoms. The SMILES string of the molecule is COOc1ccc2c(ccn2C)c1. The maximum atomic E-state index is 4.91. The molecule has 0 aliphatic carbocycles. The molecule has 2 rings (SSSR count). The summed E-state index contributed by atoms with van der Waals surface area (Å²) < 4.78 is 2.06. The number of aromatic nitrogens is 1. The third-order valence-electron chi connectivity index (χ3n) is 2.04. The lowest BCUT2D eigenvalue weighted by Crippen LogP contribution is -1.90. The number of hydrogen-bond acceptors (Lipinski definition) is 2. The first kappa shape index (κ1) is 8.13. The highest BCUT2D eigenvalue weighted by Gasteiger charge is 1.99. The molecule has 3 heteroatoms. The van der Waals surface area contributed by atoms with Crippen molar-refractivity contribution in [2.24, 2.45) is 7.05 Å². The van der Waals surface area contributed by atoms with E-state index in [4.69, 9.17) is 4.89 Å². The Bertz CT molecular complexity index is 420. The van der Waals surface area contributed by atoms with Gasteiger partial charge >= 0.3 is 0 Å². The average molecular weight is 177 g/mol. The molecule has 0 saturated carbocycles. The van der Waals surface area contributed by atoms with Crippen molar-refractivity contribution in [3.8, 4) is 5.75 Å². The van der Waals surface area contributed by atoms with Crippen LogP contribution in [0.4, 0.5) is 0 Å². The molecule has 0 amide bonds. The van der Waals surface area contributed by atoms with Gasteiger partial charge in [-0.15, -0.1) is 0 Å². The minimum Gasteiger partial charge on any atom is -0.351 e. The third kappa shape index (κ3) is 1.38. The second-order valence-electron chi connectivity index (χ2n) is 2.90. The monoisotopic (exact) mass is 177 g/mol. The van der Waals surface area contributed by atoms with E-state index < -0.39 is 0 Å². The number of fused-ring (bicyclic) bond motifs is 1. The molecular weight excluding hydrogens is 166 g/mol. The third-order valence-corrected chi connectivity index (χ3v) is 2.04. The van der Waals surface area contributed by atoms with Crippen LogP contribution in [0.3, 0.4) is 0 Å². The number of nitrogens with zero attached hydrogens (tertiary/aromatic N) is 1. The Balaban J connectivity index is 2.50. The van der Waals surface area contributed by atoms with Crippen LogP contribution in [0.1, 0.15) is 0 Å². The van der Waals surface area contributed by atoms with Crippen LogP contribution in [-0.4, -0.2) is 11.7 Å². The second-order valence-corrected chi connectivity index (χ2v) is 2.90. The highest BCUT2D eigenvalue weighted by Crippen LogP contribution is 2.21. The zero-order valence-electron chi connectivity index (χ0n) is 7.65. The molecule has 13 heavy (non-hydrogen) atoms. The molecule has 0 aliphatic heterocycles. The van der Waals surface area contributed by atoms with Gasteiger partial charge in [0, 0.05) is 24.1 Å². The zero-order chi connectivity index (χ0) is 9.26. The Morgan fingerprint density at radius 1 is 1.23 bits per heavy atom. The van der Waals surface area contributed by atoms with Crippen LogP contribution in [0.5, 0.6) is 5.75 Å². The minimum atomic E-state index is 0.723. The lowest BCUT2D eigenvalue weighted by molar-refractivity contribution is -0.178. The molecule has 1 heterocycles. The van der Waals surface area contributed by atoms with Gasteiger partial charge in [-0.3, -0.25) is 0 Å². The Labute approximate surface area is 76.4 Å². The Morgan fingerprint density at radius 3 is 2.85 bits per heavy atom. The van der Waals surface area contributed by atoms with Crippen molar-refractivity contribution in [2.75, 3.05) is 7.11 Å². The van der Waals surface area contributed by atoms with Gasteiger partial charge < -0.3 is 9.45 Å². The fourth-order valence-corrected chi connectivity index (χ4v) is 1.41. The van der Waals surface area contributed by atoms with Gasteiger partial charge in [-0.1, -0.05) is 0 Å². The van der Waals surface area contributed by atoms with Crippen molar-refractivity contribution < 1.29 is 9.78 Å². The van der Waals surface area contributed by atoms with Gasteiger partial charge in [0.25, 0.3) is 0 Å². The molecule has 0 saturated heterocycles. The molecule has 0 fully saturated rings. The molecule has 2 aromatic rings. The van der Waals surface area contributed by atoms with E-state index in [9.17, 15) is 0 Å². The zero-order valence-corrected chi connectivity index (χ0v) is 7.65. The predicted molar refractivity (Wildman–Crippen MR) is 50.6 cm³/mol. The lowest BCUT2D eigenvalue weighted by atomic mass is 10.2. The second kappa shape index (κ2) is 3.11. The molecule has 0 aliphatic rings. The van der Waals surface area contributed by atoms with Crippen molar-refractivity contribution in [1.82, 2.24) is 4.57 Å². The van der Waals surface area contributed by atoms with Crippen LogP contribution in [0.25, 0.3) is 10.9 Å². The Morgan fingerprint density at radius 2 is 2.08 bits per heavy atom. The number of hydrogen-bond donors (Lipinski definition) is 0. The fourth-order valence-electron chi connectivity index (χ4n) is 1.41. The summed E-state index contributed by atoms with van der Waals surface area (Å²) in [7, 11) is 3.51. The number of aryl methyl sites for hydroxylation is 1. The van der Waals surface area contributed by atoms with E-state index in [1.54, 1.807) is 0 Å². The Hall–Kier alpha value is -1.48. The van der Waals surface area contributed by atoms with Gasteiger partial charge in [0.1, 0.15) is 0 Å². The summed E-state index contributed by atoms with van der Waals surface area (Å²) >= 11 is 0. The van der Waals surface area contributed by atoms with Crippen molar-refractivity contribution in [2.45, 2.75) is 0 Å². The van der Waals surface area contributed by atoms with Gasteiger partial charge in [-0.05, 0) is 24.3 Å². The van der Waals surface area contributed by atoms with Crippen molar-refractivity contribution in [3.05, 3.63) is 30.5 Å². The molecule has 0 atom stereocenters. The summed E-state index contributed by atoms with van der Waals surface area (Å²) in [6.07, 6.45) is 2.02. The maximum Gasteiger partial charge on any atom is 0.166 e. The first-order valence-corrected chi connectivity index (χ1v) is 4.07. The quantitative estimate of drug-likeness (QED) is 0.518. The van der Waals surface area contributed by atoms with Gasteiger partial charge in [0.15, 0.2) is 5.75 Å². The minimum absolute atomic E-state index is 0.723. The van der Waals surface area contributed by atoms with E-state index in [-0.39, 0.29) is 0 Å². The van der Waals surface area contributed by atoms with E-state index in [2.05, 4.69) is 9.45 Å². The summed E-state index contributed by atoms with van der Waals surface area (Å²) in [5.74, 6) is 0.723. The molecule has 0 bridgehead atoms. The molecule has 68 valence electrons. The number of rotatable bonds is 2. The lowest BCUT2D eigenvalue weighted by Gasteiger charge is -2.01. The number of benzene rings is 1. The molecule has 3 nitrogen and oxygen atoms in total. The maximum absolute atomic E-state index is 4.91. The van der Waals surface area contributed by atoms with Gasteiger partial charge in [-0.2, -0.15) is 4.89 Å². The first-order valence-electron chi connectivity index (χ1n) is 4.07. The highest BCUT2D eigenvalue weighted by molar-refractivity contribution is 5.81. The van der Waals surface area contributed by atoms with Crippen LogP contribution in [0, 0.1) is 0 Å². The van der Waals surface area contributed by atoms with E-state index in [0.717, 1.165) is 11.1 Å². The largest absolute Gasteiger partial charge is 0.351 e. The summed E-state index contributed by atoms with van der Waals surface area (Å²) in [5.41, 5.74) is 1.18. The summed E-state index contributed by atoms with van der Waals surface area (Å²) in [6, 6.07) is 7.87. The van der Waals surface area contributed by atoms with E-state index in [1.807, 2.05) is 37.5 Å². The van der Waals surface area contributed by atoms with E-state index in [1.165, 1.54) is 12.6 Å². The smallest absolute Gasteiger partial charge is 0.166 e. The molecule has 1 aromatic heterocycles. The molecular formula is C10H11NO2. The molecule has 0 N–H and O–H groups in total. The van der Waals surface area contributed by atoms with E-state index >= 15 is 0 Å². The van der Waals surface area contributed by atoms with Crippen molar-refractivity contribution >= 4 is 10.9 Å². The van der Waals surface area contributed by atoms with Crippen LogP contribution in [0.2, 0.25) is 0 Å². The summed E-state index contributed by atoms with van der Waals surface area (Å²) in [6.45, 7) is 0. The van der Waals surface area contributed by atoms with Crippen molar-refractivity contribution in [1.29, 1.82) is 0 Å². The summed E-state index contributed by atoms with van der Waals surface area (Å²) in [4.78, 5) is 9.49. The van der Waals surface area contributed by atoms with Gasteiger partial charge in [0.05, 0.1) is 7.11 Å². The fraction of sp³-hybridized carbons (Fsp3) is 0.200. The topological polar surface area (TPSA) is 23.4 Å². The first-order chi connectivity index (χ1) is 6.31. The molecule has 0 unspecified atom stereocenters. The predicted octanol–water partition coefficient (Wildman–Crippen LogP) is 2.12. The Kier molecular flexibility index (Phi) is 1.94.